The summed E-state index contributed by atoms with van der Waals surface area (Å²) < 4.78 is 32.7. The van der Waals surface area contributed by atoms with Crippen LogP contribution in [0, 0.1) is 0 Å². The van der Waals surface area contributed by atoms with Gasteiger partial charge in [0.15, 0.2) is 6.10 Å². The number of carbonyl (C=O) groups excluding carboxylic acids is 2. The lowest BCUT2D eigenvalue weighted by atomic mass is 10.0. The zero-order chi connectivity index (χ0) is 44.9. The summed E-state index contributed by atoms with van der Waals surface area (Å²) in [6.07, 6.45) is 52.7. The summed E-state index contributed by atoms with van der Waals surface area (Å²) in [5.41, 5.74) is 5.34. The van der Waals surface area contributed by atoms with Crippen LogP contribution in [0.3, 0.4) is 0 Å². The van der Waals surface area contributed by atoms with E-state index in [-0.39, 0.29) is 19.4 Å². The number of rotatable bonds is 43. The van der Waals surface area contributed by atoms with Crippen molar-refractivity contribution in [3.05, 3.63) is 72.9 Å². The van der Waals surface area contributed by atoms with Gasteiger partial charge in [0.25, 0.3) is 0 Å². The highest BCUT2D eigenvalue weighted by molar-refractivity contribution is 7.47. The molecule has 0 spiro atoms. The van der Waals surface area contributed by atoms with Crippen molar-refractivity contribution < 1.29 is 47.5 Å². The Morgan fingerprint density at radius 2 is 0.918 bits per heavy atom. The van der Waals surface area contributed by atoms with Gasteiger partial charge in [-0.2, -0.15) is 0 Å². The van der Waals surface area contributed by atoms with Gasteiger partial charge in [-0.25, -0.2) is 4.57 Å². The Balaban J connectivity index is 4.43. The number of hydrogen-bond acceptors (Lipinski definition) is 9. The van der Waals surface area contributed by atoms with Crippen LogP contribution in [0.4, 0.5) is 0 Å². The van der Waals surface area contributed by atoms with Crippen molar-refractivity contribution in [2.24, 2.45) is 5.73 Å². The van der Waals surface area contributed by atoms with Gasteiger partial charge in [-0.1, -0.05) is 196 Å². The third-order valence-corrected chi connectivity index (χ3v) is 10.7. The summed E-state index contributed by atoms with van der Waals surface area (Å²) in [5.74, 6) is -2.49. The molecule has 4 N–H and O–H groups in total. The number of unbranched alkanes of at least 4 members (excludes halogenated alkanes) is 17. The lowest BCUT2D eigenvalue weighted by Crippen LogP contribution is -2.34. The maximum Gasteiger partial charge on any atom is 0.472 e. The van der Waals surface area contributed by atoms with E-state index in [2.05, 4.69) is 73.1 Å². The molecule has 0 heterocycles. The maximum absolute atomic E-state index is 12.6. The van der Waals surface area contributed by atoms with Gasteiger partial charge in [0.1, 0.15) is 12.6 Å². The van der Waals surface area contributed by atoms with E-state index in [0.29, 0.717) is 19.3 Å². The van der Waals surface area contributed by atoms with Crippen molar-refractivity contribution in [2.45, 2.75) is 199 Å². The van der Waals surface area contributed by atoms with Crippen molar-refractivity contribution in [1.82, 2.24) is 0 Å². The minimum absolute atomic E-state index is 0.0344. The van der Waals surface area contributed by atoms with Gasteiger partial charge in [-0.05, 0) is 51.4 Å². The van der Waals surface area contributed by atoms with Crippen molar-refractivity contribution in [1.29, 1.82) is 0 Å². The molecular weight excluding hydrogens is 794 g/mol. The summed E-state index contributed by atoms with van der Waals surface area (Å²) in [7, 11) is -4.74. The number of carboxylic acids is 1. The van der Waals surface area contributed by atoms with Crippen LogP contribution in [0.25, 0.3) is 0 Å². The number of nitrogens with two attached hydrogens (primary N) is 1. The first-order valence-electron chi connectivity index (χ1n) is 23.5. The monoisotopic (exact) mass is 878 g/mol. The second-order valence-corrected chi connectivity index (χ2v) is 17.0. The second-order valence-electron chi connectivity index (χ2n) is 15.5. The lowest BCUT2D eigenvalue weighted by Gasteiger charge is -2.20. The molecule has 0 aliphatic rings. The van der Waals surface area contributed by atoms with Gasteiger partial charge in [0.05, 0.1) is 13.2 Å². The van der Waals surface area contributed by atoms with Crippen molar-refractivity contribution in [3.8, 4) is 0 Å². The molecule has 0 aromatic heterocycles. The second kappa shape index (κ2) is 43.6. The average molecular weight is 878 g/mol. The van der Waals surface area contributed by atoms with Crippen LogP contribution in [-0.4, -0.2) is 59.9 Å². The highest BCUT2D eigenvalue weighted by Gasteiger charge is 2.28. The number of carbonyl (C=O) groups is 3. The fourth-order valence-electron chi connectivity index (χ4n) is 6.09. The topological polar surface area (TPSA) is 172 Å². The molecule has 350 valence electrons. The first kappa shape index (κ1) is 57.9. The van der Waals surface area contributed by atoms with Crippen LogP contribution in [0.1, 0.15) is 187 Å². The SMILES string of the molecule is CC/C=C\C/C=C\C/C=C\C/C=C\C/C=C\C/C=C\CCC(=O)O[C@H](COC(=O)CCCCCCCCCCCCCCCCCCCC)COP(=O)(O)OC[C@H](N)C(=O)O. The Kier molecular flexibility index (Phi) is 41.4. The van der Waals surface area contributed by atoms with E-state index in [9.17, 15) is 23.8 Å². The molecular formula is C49H84NO10P. The van der Waals surface area contributed by atoms with E-state index in [1.807, 2.05) is 18.2 Å². The predicted octanol–water partition coefficient (Wildman–Crippen LogP) is 12.9. The maximum atomic E-state index is 12.6. The van der Waals surface area contributed by atoms with Crippen molar-refractivity contribution in [3.63, 3.8) is 0 Å². The van der Waals surface area contributed by atoms with Gasteiger partial charge < -0.3 is 25.2 Å². The summed E-state index contributed by atoms with van der Waals surface area (Å²) in [6.45, 7) is 2.63. The van der Waals surface area contributed by atoms with E-state index >= 15 is 0 Å². The largest absolute Gasteiger partial charge is 0.480 e. The highest BCUT2D eigenvalue weighted by Crippen LogP contribution is 2.43. The normalized spacial score (nSPS) is 14.3. The highest BCUT2D eigenvalue weighted by atomic mass is 31.2. The number of esters is 2. The zero-order valence-corrected chi connectivity index (χ0v) is 38.9. The van der Waals surface area contributed by atoms with Crippen LogP contribution in [0.2, 0.25) is 0 Å². The summed E-state index contributed by atoms with van der Waals surface area (Å²) >= 11 is 0. The standard InChI is InChI=1S/C49H84NO10P/c1-3-5-7-9-11-13-15-17-19-21-23-25-27-29-31-33-35-37-39-41-48(52)60-45(43-58-61(55,56)59-44-46(50)49(53)54)42-57-47(51)40-38-36-34-32-30-28-26-24-22-20-18-16-14-12-10-8-6-4-2/h5,7,11,13,17,19,23,25,29,31,35,37,45-46H,3-4,6,8-10,12,14-16,18,20-22,24,26-28,30,32-34,36,38-44,50H2,1-2H3,(H,53,54)(H,55,56)/b7-5-,13-11-,19-17-,25-23-,31-29-,37-35-/t45-,46+/m1/s1. The molecule has 0 rings (SSSR count). The number of phosphoric acid groups is 1. The first-order chi connectivity index (χ1) is 29.6. The quantitative estimate of drug-likeness (QED) is 0.0230. The Hall–Kier alpha value is -3.08. The average Bonchev–Trinajstić information content (AvgIpc) is 3.24. The number of phosphoric ester groups is 1. The van der Waals surface area contributed by atoms with E-state index < -0.39 is 51.1 Å². The molecule has 1 unspecified atom stereocenters. The van der Waals surface area contributed by atoms with Crippen LogP contribution < -0.4 is 5.73 Å². The molecule has 0 fully saturated rings. The molecule has 0 aliphatic carbocycles. The number of hydrogen-bond donors (Lipinski definition) is 3. The fourth-order valence-corrected chi connectivity index (χ4v) is 6.87. The summed E-state index contributed by atoms with van der Waals surface area (Å²) in [5, 5.41) is 8.90. The molecule has 0 amide bonds. The predicted molar refractivity (Wildman–Crippen MR) is 249 cm³/mol. The molecule has 3 atom stereocenters. The minimum atomic E-state index is -4.74. The zero-order valence-electron chi connectivity index (χ0n) is 38.0. The van der Waals surface area contributed by atoms with Crippen molar-refractivity contribution in [2.75, 3.05) is 19.8 Å². The molecule has 11 nitrogen and oxygen atoms in total. The molecule has 61 heavy (non-hydrogen) atoms. The van der Waals surface area contributed by atoms with Crippen LogP contribution in [-0.2, 0) is 37.5 Å². The molecule has 0 saturated carbocycles. The molecule has 0 bridgehead atoms. The molecule has 0 radical (unpaired) electrons. The first-order valence-corrected chi connectivity index (χ1v) is 25.0. The van der Waals surface area contributed by atoms with E-state index in [0.717, 1.165) is 51.4 Å². The minimum Gasteiger partial charge on any atom is -0.480 e. The number of aliphatic carboxylic acids is 1. The van der Waals surface area contributed by atoms with Crippen LogP contribution >= 0.6 is 7.82 Å². The Labute approximate surface area is 370 Å². The number of carboxylic acid groups (broad SMARTS) is 1. The molecule has 0 saturated heterocycles. The van der Waals surface area contributed by atoms with Gasteiger partial charge in [-0.3, -0.25) is 23.4 Å². The van der Waals surface area contributed by atoms with E-state index in [1.54, 1.807) is 0 Å². The van der Waals surface area contributed by atoms with Gasteiger partial charge >= 0.3 is 25.7 Å². The Morgan fingerprint density at radius 3 is 1.34 bits per heavy atom. The third kappa shape index (κ3) is 43.4. The van der Waals surface area contributed by atoms with Gasteiger partial charge in [0.2, 0.25) is 0 Å². The molecule has 0 aromatic rings. The Bertz CT molecular complexity index is 1310. The van der Waals surface area contributed by atoms with Gasteiger partial charge in [-0.15, -0.1) is 0 Å². The molecule has 0 aromatic carbocycles. The van der Waals surface area contributed by atoms with Crippen LogP contribution in [0.5, 0.6) is 0 Å². The number of allylic oxidation sites excluding steroid dienone is 12. The van der Waals surface area contributed by atoms with Crippen LogP contribution in [0.15, 0.2) is 72.9 Å². The number of ether oxygens (including phenoxy) is 2. The molecule has 0 aliphatic heterocycles. The van der Waals surface area contributed by atoms with Gasteiger partial charge in [0, 0.05) is 12.8 Å². The smallest absolute Gasteiger partial charge is 0.472 e. The van der Waals surface area contributed by atoms with E-state index in [1.165, 1.54) is 89.9 Å². The summed E-state index contributed by atoms with van der Waals surface area (Å²) in [6, 6.07) is -1.54. The van der Waals surface area contributed by atoms with E-state index in [4.69, 9.17) is 24.8 Å². The fraction of sp³-hybridized carbons (Fsp3) is 0.694. The van der Waals surface area contributed by atoms with Crippen molar-refractivity contribution >= 4 is 25.7 Å². The molecule has 12 heteroatoms. The lowest BCUT2D eigenvalue weighted by molar-refractivity contribution is -0.161. The Morgan fingerprint density at radius 1 is 0.525 bits per heavy atom. The summed E-state index contributed by atoms with van der Waals surface area (Å²) in [4.78, 5) is 46.0. The third-order valence-electron chi connectivity index (χ3n) is 9.73.